The van der Waals surface area contributed by atoms with Gasteiger partial charge in [-0.25, -0.2) is 0 Å². The van der Waals surface area contributed by atoms with Gasteiger partial charge in [-0.15, -0.1) is 0 Å². The van der Waals surface area contributed by atoms with Crippen LogP contribution in [-0.4, -0.2) is 48.8 Å². The molecule has 1 atom stereocenters. The Hall–Kier alpha value is -2.81. The van der Waals surface area contributed by atoms with E-state index in [2.05, 4.69) is 0 Å². The zero-order chi connectivity index (χ0) is 31.0. The molecule has 2 aromatic carbocycles. The van der Waals surface area contributed by atoms with Gasteiger partial charge in [0.15, 0.2) is 0 Å². The van der Waals surface area contributed by atoms with Crippen molar-refractivity contribution in [3.05, 3.63) is 65.7 Å². The lowest BCUT2D eigenvalue weighted by molar-refractivity contribution is -0.452. The molecular formula is C24H19F15O. The number of hydrogen-bond acceptors (Lipinski definition) is 1. The van der Waals surface area contributed by atoms with Crippen LogP contribution in [0.5, 0.6) is 5.75 Å². The fourth-order valence-electron chi connectivity index (χ4n) is 3.70. The molecule has 226 valence electrons. The predicted octanol–water partition coefficient (Wildman–Crippen LogP) is 9.18. The third-order valence-electron chi connectivity index (χ3n) is 6.09. The van der Waals surface area contributed by atoms with Crippen molar-refractivity contribution in [1.29, 1.82) is 0 Å². The Morgan fingerprint density at radius 2 is 1.10 bits per heavy atom. The topological polar surface area (TPSA) is 9.23 Å². The van der Waals surface area contributed by atoms with E-state index in [1.54, 1.807) is 6.07 Å². The highest BCUT2D eigenvalue weighted by atomic mass is 19.4. The average Bonchev–Trinajstić information content (AvgIpc) is 2.85. The molecule has 0 saturated heterocycles. The van der Waals surface area contributed by atoms with E-state index in [0.29, 0.717) is 5.56 Å². The molecule has 0 N–H and O–H groups in total. The third-order valence-corrected chi connectivity index (χ3v) is 6.09. The second-order valence-corrected chi connectivity index (χ2v) is 8.78. The minimum absolute atomic E-state index is 0.0387. The molecule has 40 heavy (non-hydrogen) atoms. The van der Waals surface area contributed by atoms with E-state index < -0.39 is 60.5 Å². The molecule has 2 rings (SSSR count). The van der Waals surface area contributed by atoms with Gasteiger partial charge in [-0.3, -0.25) is 0 Å². The van der Waals surface area contributed by atoms with E-state index in [0.717, 1.165) is 19.2 Å². The van der Waals surface area contributed by atoms with E-state index in [-0.39, 0.29) is 17.7 Å². The highest BCUT2D eigenvalue weighted by molar-refractivity contribution is 5.31. The molecule has 1 nitrogen and oxygen atoms in total. The summed E-state index contributed by atoms with van der Waals surface area (Å²) in [5.74, 6) is -48.5. The van der Waals surface area contributed by atoms with Crippen molar-refractivity contribution in [2.45, 2.75) is 66.9 Å². The van der Waals surface area contributed by atoms with Gasteiger partial charge >= 0.3 is 41.7 Å². The molecule has 0 radical (unpaired) electrons. The van der Waals surface area contributed by atoms with Gasteiger partial charge in [0, 0.05) is 6.42 Å². The normalized spacial score (nSPS) is 15.2. The van der Waals surface area contributed by atoms with E-state index in [1.165, 1.54) is 36.4 Å². The third kappa shape index (κ3) is 5.67. The molecule has 2 aromatic rings. The maximum Gasteiger partial charge on any atom is 0.460 e. The summed E-state index contributed by atoms with van der Waals surface area (Å²) in [5.41, 5.74) is 0.158. The molecule has 0 aliphatic heterocycles. The SMILES string of the molecule is COc1cccc([C@H](CCc2ccccc2)CC(F)(F)C(F)(F)C(F)(F)C(F)(F)C(F)(F)C(F)(F)C(F)(F)F)c1. The fraction of sp³-hybridized carbons (Fsp3) is 0.500. The molecule has 0 spiro atoms. The number of halogens is 15. The minimum atomic E-state index is -8.30. The van der Waals surface area contributed by atoms with Gasteiger partial charge in [-0.1, -0.05) is 42.5 Å². The molecule has 16 heteroatoms. The summed E-state index contributed by atoms with van der Waals surface area (Å²) in [7, 11) is 1.11. The Bertz CT molecular complexity index is 1130. The second kappa shape index (κ2) is 10.9. The predicted molar refractivity (Wildman–Crippen MR) is 111 cm³/mol. The number of hydrogen-bond donors (Lipinski definition) is 0. The lowest BCUT2D eigenvalue weighted by Crippen LogP contribution is -2.72. The Morgan fingerprint density at radius 1 is 0.600 bits per heavy atom. The smallest absolute Gasteiger partial charge is 0.460 e. The Morgan fingerprint density at radius 3 is 1.60 bits per heavy atom. The number of benzene rings is 2. The summed E-state index contributed by atoms with van der Waals surface area (Å²) in [4.78, 5) is 0. The molecule has 0 saturated carbocycles. The summed E-state index contributed by atoms with van der Waals surface area (Å²) in [6, 6.07) is 12.0. The zero-order valence-corrected chi connectivity index (χ0v) is 20.0. The quantitative estimate of drug-likeness (QED) is 0.219. The largest absolute Gasteiger partial charge is 0.497 e. The average molecular weight is 608 g/mol. The van der Waals surface area contributed by atoms with Crippen LogP contribution in [0.15, 0.2) is 54.6 Å². The van der Waals surface area contributed by atoms with Gasteiger partial charge in [0.1, 0.15) is 5.75 Å². The van der Waals surface area contributed by atoms with Gasteiger partial charge in [0.2, 0.25) is 0 Å². The van der Waals surface area contributed by atoms with Crippen LogP contribution >= 0.6 is 0 Å². The molecular weight excluding hydrogens is 589 g/mol. The van der Waals surface area contributed by atoms with Crippen molar-refractivity contribution in [2.24, 2.45) is 0 Å². The van der Waals surface area contributed by atoms with Crippen LogP contribution in [0.1, 0.15) is 29.9 Å². The van der Waals surface area contributed by atoms with E-state index in [9.17, 15) is 65.9 Å². The van der Waals surface area contributed by atoms with E-state index in [4.69, 9.17) is 4.74 Å². The van der Waals surface area contributed by atoms with Crippen molar-refractivity contribution in [3.8, 4) is 5.75 Å². The molecule has 0 fully saturated rings. The summed E-state index contributed by atoms with van der Waals surface area (Å²) in [6.45, 7) is 0. The molecule has 0 heterocycles. The van der Waals surface area contributed by atoms with Gasteiger partial charge in [0.25, 0.3) is 0 Å². The van der Waals surface area contributed by atoms with E-state index in [1.807, 2.05) is 0 Å². The van der Waals surface area contributed by atoms with Crippen molar-refractivity contribution < 1.29 is 70.6 Å². The number of rotatable bonds is 12. The molecule has 0 bridgehead atoms. The van der Waals surface area contributed by atoms with Gasteiger partial charge in [-0.05, 0) is 42.0 Å². The first-order chi connectivity index (χ1) is 18.0. The van der Waals surface area contributed by atoms with Crippen molar-refractivity contribution in [1.82, 2.24) is 0 Å². The Labute approximate surface area is 216 Å². The lowest BCUT2D eigenvalue weighted by atomic mass is 9.83. The second-order valence-electron chi connectivity index (χ2n) is 8.78. The Kier molecular flexibility index (Phi) is 9.08. The maximum absolute atomic E-state index is 14.7. The van der Waals surface area contributed by atoms with Gasteiger partial charge in [0.05, 0.1) is 7.11 Å². The maximum atomic E-state index is 14.7. The molecule has 0 aliphatic rings. The van der Waals surface area contributed by atoms with Gasteiger partial charge in [-0.2, -0.15) is 65.9 Å². The van der Waals surface area contributed by atoms with Crippen LogP contribution in [0.3, 0.4) is 0 Å². The van der Waals surface area contributed by atoms with Crippen LogP contribution < -0.4 is 4.74 Å². The number of alkyl halides is 15. The first-order valence-electron chi connectivity index (χ1n) is 11.0. The van der Waals surface area contributed by atoms with Crippen LogP contribution in [0, 0.1) is 0 Å². The Balaban J connectivity index is 2.53. The van der Waals surface area contributed by atoms with Crippen molar-refractivity contribution in [3.63, 3.8) is 0 Å². The minimum Gasteiger partial charge on any atom is -0.497 e. The number of ether oxygens (including phenoxy) is 1. The van der Waals surface area contributed by atoms with Crippen LogP contribution in [0.4, 0.5) is 65.9 Å². The highest BCUT2D eigenvalue weighted by Gasteiger charge is 2.93. The van der Waals surface area contributed by atoms with E-state index >= 15 is 0 Å². The first kappa shape index (κ1) is 33.4. The fourth-order valence-corrected chi connectivity index (χ4v) is 3.70. The summed E-state index contributed by atoms with van der Waals surface area (Å²) in [6.07, 6.45) is -10.8. The first-order valence-corrected chi connectivity index (χ1v) is 11.0. The zero-order valence-electron chi connectivity index (χ0n) is 20.0. The highest BCUT2D eigenvalue weighted by Crippen LogP contribution is 2.63. The molecule has 0 aliphatic carbocycles. The van der Waals surface area contributed by atoms with Crippen molar-refractivity contribution in [2.75, 3.05) is 7.11 Å². The molecule has 0 aromatic heterocycles. The summed E-state index contributed by atoms with van der Waals surface area (Å²) >= 11 is 0. The number of aryl methyl sites for hydroxylation is 1. The monoisotopic (exact) mass is 608 g/mol. The molecule has 0 unspecified atom stereocenters. The summed E-state index contributed by atoms with van der Waals surface area (Å²) < 4.78 is 209. The van der Waals surface area contributed by atoms with Crippen LogP contribution in [0.2, 0.25) is 0 Å². The summed E-state index contributed by atoms with van der Waals surface area (Å²) in [5, 5.41) is 0. The van der Waals surface area contributed by atoms with Crippen LogP contribution in [0.25, 0.3) is 0 Å². The van der Waals surface area contributed by atoms with Crippen LogP contribution in [-0.2, 0) is 6.42 Å². The van der Waals surface area contributed by atoms with Crippen molar-refractivity contribution >= 4 is 0 Å². The standard InChI is InChI=1S/C24H19F15O/c1-40-17-9-5-8-15(12-17)16(11-10-14-6-3-2-4-7-14)13-18(25,26)19(27,28)20(29,30)21(31,32)22(33,34)23(35,36)24(37,38)39/h2-9,12,16H,10-11,13H2,1H3/t16-/m1/s1. The lowest BCUT2D eigenvalue weighted by Gasteiger charge is -2.42. The molecule has 0 amide bonds. The van der Waals surface area contributed by atoms with Gasteiger partial charge < -0.3 is 4.74 Å². The number of methoxy groups -OCH3 is 1.